The van der Waals surface area contributed by atoms with Gasteiger partial charge in [-0.05, 0) is 42.9 Å². The standard InChI is InChI=1S/C20H32N.C10H13O.2ClH.Ru/c1-14(2)16-10-9-11-17(15(3)4)18(16)21-13-19(5,6)12-20(21,7)8;1-8(2)11-10-7-5-4-6-9(10)3;;;/h9-11,13-15H,12H2,1-8H3;4-8H,3H2,1-2H3;2*1H;/q2*-1;;;+4/p-1. The molecule has 5 heteroatoms. The third-order valence-electron chi connectivity index (χ3n) is 5.99. The summed E-state index contributed by atoms with van der Waals surface area (Å²) in [5, 5.41) is 0. The van der Waals surface area contributed by atoms with Crippen molar-refractivity contribution < 1.29 is 19.9 Å². The predicted molar refractivity (Wildman–Crippen MR) is 153 cm³/mol. The number of benzene rings is 2. The van der Waals surface area contributed by atoms with Crippen LogP contribution >= 0.6 is 19.4 Å². The van der Waals surface area contributed by atoms with Gasteiger partial charge in [-0.15, -0.1) is 17.0 Å². The van der Waals surface area contributed by atoms with Crippen LogP contribution < -0.4 is 4.90 Å². The second kappa shape index (κ2) is 14.2. The third-order valence-corrected chi connectivity index (χ3v) is 5.99. The SMILES string of the molecule is CC(C)c1cccc(C(C)C)c1N1[CH-]C(C)(C)CC1(C)C.[CH2-]c1ccccc1[OH+]C(C)C.[Cl][Ru+2][Cl]. The molecule has 35 heavy (non-hydrogen) atoms. The van der Waals surface area contributed by atoms with Crippen molar-refractivity contribution in [2.45, 2.75) is 99.1 Å². The number of hydrogen-bond acceptors (Lipinski definition) is 1. The van der Waals surface area contributed by atoms with Crippen LogP contribution in [0.15, 0.2) is 42.5 Å². The van der Waals surface area contributed by atoms with E-state index in [1.807, 2.05) is 24.3 Å². The molecular formula is C30H46Cl2NORu+. The number of para-hydroxylation sites is 2. The normalized spacial score (nSPS) is 16.0. The van der Waals surface area contributed by atoms with E-state index in [-0.39, 0.29) is 26.1 Å². The molecule has 0 saturated carbocycles. The van der Waals surface area contributed by atoms with Crippen LogP contribution in [-0.2, 0) is 15.1 Å². The van der Waals surface area contributed by atoms with Gasteiger partial charge < -0.3 is 9.64 Å². The summed E-state index contributed by atoms with van der Waals surface area (Å²) >= 11 is -0.346. The monoisotopic (exact) mass is 608 g/mol. The molecule has 1 heterocycles. The van der Waals surface area contributed by atoms with Gasteiger partial charge in [-0.25, -0.2) is 6.54 Å². The third kappa shape index (κ3) is 9.83. The van der Waals surface area contributed by atoms with E-state index in [4.69, 9.17) is 19.4 Å². The van der Waals surface area contributed by atoms with E-state index in [0.29, 0.717) is 17.9 Å². The molecule has 0 radical (unpaired) electrons. The van der Waals surface area contributed by atoms with Crippen molar-refractivity contribution in [3.8, 4) is 5.75 Å². The van der Waals surface area contributed by atoms with Crippen molar-refractivity contribution in [2.24, 2.45) is 5.41 Å². The molecule has 0 aromatic heterocycles. The van der Waals surface area contributed by atoms with Gasteiger partial charge in [-0.1, -0.05) is 72.2 Å². The van der Waals surface area contributed by atoms with E-state index in [0.717, 1.165) is 11.3 Å². The first kappa shape index (κ1) is 32.1. The summed E-state index contributed by atoms with van der Waals surface area (Å²) in [6.07, 6.45) is 1.54. The van der Waals surface area contributed by atoms with E-state index in [2.05, 4.69) is 111 Å². The minimum absolute atomic E-state index is 0.179. The first-order valence-corrected chi connectivity index (χ1v) is 16.9. The van der Waals surface area contributed by atoms with Crippen molar-refractivity contribution in [3.63, 3.8) is 0 Å². The van der Waals surface area contributed by atoms with Crippen molar-refractivity contribution in [3.05, 3.63) is 72.6 Å². The Balaban J connectivity index is 0.000000366. The van der Waals surface area contributed by atoms with Crippen molar-refractivity contribution in [2.75, 3.05) is 4.90 Å². The van der Waals surface area contributed by atoms with Crippen LogP contribution in [0.25, 0.3) is 0 Å². The van der Waals surface area contributed by atoms with E-state index < -0.39 is 0 Å². The second-order valence-electron chi connectivity index (χ2n) is 11.5. The van der Waals surface area contributed by atoms with Gasteiger partial charge in [-0.2, -0.15) is 13.0 Å². The van der Waals surface area contributed by atoms with Crippen LogP contribution in [0.5, 0.6) is 5.75 Å². The molecule has 0 bridgehead atoms. The Labute approximate surface area is 231 Å². The summed E-state index contributed by atoms with van der Waals surface area (Å²) in [7, 11) is 9.71. The summed E-state index contributed by atoms with van der Waals surface area (Å²) in [5.41, 5.74) is 5.85. The van der Waals surface area contributed by atoms with Crippen LogP contribution in [0, 0.1) is 18.9 Å². The number of nitrogens with zero attached hydrogens (tertiary/aromatic N) is 1. The molecule has 1 fully saturated rings. The first-order chi connectivity index (χ1) is 16.2. The van der Waals surface area contributed by atoms with Crippen LogP contribution in [0.3, 0.4) is 0 Å². The fourth-order valence-electron chi connectivity index (χ4n) is 4.84. The summed E-state index contributed by atoms with van der Waals surface area (Å²) in [6, 6.07) is 14.8. The average molecular weight is 609 g/mol. The minimum atomic E-state index is -0.346. The van der Waals surface area contributed by atoms with E-state index in [9.17, 15) is 0 Å². The Kier molecular flexibility index (Phi) is 13.0. The molecule has 0 amide bonds. The molecule has 0 atom stereocenters. The zero-order valence-electron chi connectivity index (χ0n) is 23.3. The molecule has 2 aromatic carbocycles. The molecule has 3 rings (SSSR count). The molecule has 0 spiro atoms. The quantitative estimate of drug-likeness (QED) is 0.187. The van der Waals surface area contributed by atoms with Crippen molar-refractivity contribution >= 4 is 25.1 Å². The van der Waals surface area contributed by atoms with Gasteiger partial charge in [0, 0.05) is 25.1 Å². The molecule has 1 saturated heterocycles. The fourth-order valence-corrected chi connectivity index (χ4v) is 4.84. The Morgan fingerprint density at radius 2 is 1.37 bits per heavy atom. The van der Waals surface area contributed by atoms with Gasteiger partial charge in [0.15, 0.2) is 11.9 Å². The molecule has 2 nitrogen and oxygen atoms in total. The fraction of sp³-hybridized carbons (Fsp3) is 0.533. The molecule has 0 aliphatic carbocycles. The van der Waals surface area contributed by atoms with Gasteiger partial charge in [0.1, 0.15) is 0 Å². The summed E-state index contributed by atoms with van der Waals surface area (Å²) in [6.45, 7) is 29.1. The zero-order chi connectivity index (χ0) is 27.0. The van der Waals surface area contributed by atoms with Crippen LogP contribution in [0.1, 0.15) is 104 Å². The Hall–Kier alpha value is -0.887. The van der Waals surface area contributed by atoms with Crippen LogP contribution in [-0.4, -0.2) is 16.4 Å². The molecule has 1 aliphatic rings. The van der Waals surface area contributed by atoms with Gasteiger partial charge in [0.05, 0.1) is 0 Å². The number of ether oxygens (including phenoxy) is 1. The van der Waals surface area contributed by atoms with E-state index in [1.54, 1.807) is 0 Å². The van der Waals surface area contributed by atoms with Crippen molar-refractivity contribution in [1.82, 2.24) is 0 Å². The topological polar surface area (TPSA) is 16.0 Å². The second-order valence-corrected chi connectivity index (χ2v) is 14.1. The molecular weight excluding hydrogens is 562 g/mol. The number of aromatic hydroxyl groups is 1. The maximum atomic E-state index is 4.85. The van der Waals surface area contributed by atoms with Gasteiger partial charge in [-0.3, -0.25) is 0 Å². The summed E-state index contributed by atoms with van der Waals surface area (Å²) < 4.78 is 4.40. The van der Waals surface area contributed by atoms with Crippen LogP contribution in [0.4, 0.5) is 5.69 Å². The predicted octanol–water partition coefficient (Wildman–Crippen LogP) is 10.0. The van der Waals surface area contributed by atoms with Crippen LogP contribution in [0.2, 0.25) is 0 Å². The number of aliphatic hydroxyl groups is 1. The number of halogens is 2. The Bertz CT molecular complexity index is 883. The molecule has 1 N–H and O–H groups in total. The maximum absolute atomic E-state index is 4.85. The number of rotatable bonds is 5. The van der Waals surface area contributed by atoms with E-state index >= 15 is 0 Å². The molecule has 1 aliphatic heterocycles. The van der Waals surface area contributed by atoms with Gasteiger partial charge >= 0.3 is 34.5 Å². The summed E-state index contributed by atoms with van der Waals surface area (Å²) in [5.74, 6) is 2.10. The molecule has 2 aromatic rings. The summed E-state index contributed by atoms with van der Waals surface area (Å²) in [4.78, 5) is 2.57. The van der Waals surface area contributed by atoms with E-state index in [1.165, 1.54) is 23.2 Å². The number of anilines is 1. The van der Waals surface area contributed by atoms with Gasteiger partial charge in [0.2, 0.25) is 0 Å². The average Bonchev–Trinajstić information content (AvgIpc) is 2.96. The molecule has 198 valence electrons. The number of hydrogen-bond donors (Lipinski definition) is 0. The van der Waals surface area contributed by atoms with Gasteiger partial charge in [0.25, 0.3) is 0 Å². The molecule has 0 unspecified atom stereocenters. The zero-order valence-corrected chi connectivity index (χ0v) is 26.5. The Morgan fingerprint density at radius 3 is 1.74 bits per heavy atom. The Morgan fingerprint density at radius 1 is 0.886 bits per heavy atom. The first-order valence-electron chi connectivity index (χ1n) is 12.4. The van der Waals surface area contributed by atoms with Crippen molar-refractivity contribution in [1.29, 1.82) is 0 Å².